The topological polar surface area (TPSA) is 86.1 Å². The van der Waals surface area contributed by atoms with Gasteiger partial charge in [-0.25, -0.2) is 18.1 Å². The fraction of sp³-hybridized carbons (Fsp3) is 0.0667. The number of nitrogens with zero attached hydrogens (tertiary/aromatic N) is 3. The van der Waals surface area contributed by atoms with E-state index in [-0.39, 0.29) is 10.6 Å². The van der Waals surface area contributed by atoms with Gasteiger partial charge in [-0.05, 0) is 24.3 Å². The standard InChI is InChI=1S/C15H11F3N4O3S/c16-15(17,18)25-12-4-3-5-13(8-12)26(23,24)21-11-9-20-22(10-11)14-6-1-2-7-19-14/h1-10,21H. The number of hydrogen-bond donors (Lipinski definition) is 1. The number of nitrogens with one attached hydrogen (secondary N) is 1. The molecule has 0 spiro atoms. The average molecular weight is 384 g/mol. The molecule has 0 unspecified atom stereocenters. The van der Waals surface area contributed by atoms with Gasteiger partial charge in [0.25, 0.3) is 10.0 Å². The maximum Gasteiger partial charge on any atom is 0.573 e. The molecule has 11 heteroatoms. The van der Waals surface area contributed by atoms with Crippen LogP contribution in [0.15, 0.2) is 66.0 Å². The number of rotatable bonds is 5. The molecule has 0 bridgehead atoms. The van der Waals surface area contributed by atoms with E-state index in [1.807, 2.05) is 0 Å². The summed E-state index contributed by atoms with van der Waals surface area (Å²) in [6.45, 7) is 0. The lowest BCUT2D eigenvalue weighted by atomic mass is 10.3. The number of hydrogen-bond acceptors (Lipinski definition) is 5. The van der Waals surface area contributed by atoms with Crippen LogP contribution in [0.3, 0.4) is 0 Å². The summed E-state index contributed by atoms with van der Waals surface area (Å²) in [6.07, 6.45) is -0.731. The Balaban J connectivity index is 1.82. The van der Waals surface area contributed by atoms with Gasteiger partial charge in [0.1, 0.15) is 5.75 Å². The second-order valence-electron chi connectivity index (χ2n) is 4.99. The number of aromatic nitrogens is 3. The van der Waals surface area contributed by atoms with Crippen molar-refractivity contribution in [1.82, 2.24) is 14.8 Å². The smallest absolute Gasteiger partial charge is 0.406 e. The molecule has 3 aromatic rings. The molecule has 0 aliphatic carbocycles. The molecule has 26 heavy (non-hydrogen) atoms. The molecule has 0 aliphatic rings. The molecule has 1 N–H and O–H groups in total. The van der Waals surface area contributed by atoms with Gasteiger partial charge >= 0.3 is 6.36 Å². The van der Waals surface area contributed by atoms with E-state index in [9.17, 15) is 21.6 Å². The highest BCUT2D eigenvalue weighted by molar-refractivity contribution is 7.92. The second-order valence-corrected chi connectivity index (χ2v) is 6.67. The van der Waals surface area contributed by atoms with Crippen LogP contribution in [0.2, 0.25) is 0 Å². The van der Waals surface area contributed by atoms with Crippen LogP contribution in [-0.2, 0) is 10.0 Å². The van der Waals surface area contributed by atoms with E-state index in [4.69, 9.17) is 0 Å². The van der Waals surface area contributed by atoms with Gasteiger partial charge < -0.3 is 4.74 Å². The number of pyridine rings is 1. The number of benzene rings is 1. The van der Waals surface area contributed by atoms with E-state index in [0.29, 0.717) is 5.82 Å². The van der Waals surface area contributed by atoms with Gasteiger partial charge in [0, 0.05) is 12.3 Å². The lowest BCUT2D eigenvalue weighted by Crippen LogP contribution is -2.18. The lowest BCUT2D eigenvalue weighted by molar-refractivity contribution is -0.274. The van der Waals surface area contributed by atoms with E-state index < -0.39 is 22.1 Å². The van der Waals surface area contributed by atoms with E-state index in [1.165, 1.54) is 17.1 Å². The molecule has 0 atom stereocenters. The molecule has 0 saturated heterocycles. The molecule has 3 rings (SSSR count). The molecule has 0 amide bonds. The first-order valence-corrected chi connectivity index (χ1v) is 8.56. The molecule has 0 radical (unpaired) electrons. The van der Waals surface area contributed by atoms with Gasteiger partial charge in [-0.2, -0.15) is 5.10 Å². The number of ether oxygens (including phenoxy) is 1. The van der Waals surface area contributed by atoms with Crippen molar-refractivity contribution in [3.8, 4) is 11.6 Å². The Morgan fingerprint density at radius 1 is 1.12 bits per heavy atom. The quantitative estimate of drug-likeness (QED) is 0.731. The van der Waals surface area contributed by atoms with Crippen molar-refractivity contribution >= 4 is 15.7 Å². The summed E-state index contributed by atoms with van der Waals surface area (Å²) in [4.78, 5) is 3.68. The normalized spacial score (nSPS) is 12.0. The molecule has 1 aromatic carbocycles. The lowest BCUT2D eigenvalue weighted by Gasteiger charge is -2.10. The van der Waals surface area contributed by atoms with E-state index in [0.717, 1.165) is 24.3 Å². The molecular formula is C15H11F3N4O3S. The molecule has 136 valence electrons. The third kappa shape index (κ3) is 4.30. The Kier molecular flexibility index (Phi) is 4.55. The summed E-state index contributed by atoms with van der Waals surface area (Å²) in [7, 11) is -4.13. The molecule has 0 saturated carbocycles. The van der Waals surface area contributed by atoms with Crippen LogP contribution >= 0.6 is 0 Å². The van der Waals surface area contributed by atoms with Gasteiger partial charge in [0.15, 0.2) is 5.82 Å². The zero-order valence-electron chi connectivity index (χ0n) is 12.9. The summed E-state index contributed by atoms with van der Waals surface area (Å²) in [5, 5.41) is 3.98. The van der Waals surface area contributed by atoms with E-state index in [1.54, 1.807) is 24.4 Å². The van der Waals surface area contributed by atoms with Crippen molar-refractivity contribution in [3.63, 3.8) is 0 Å². The van der Waals surface area contributed by atoms with Crippen molar-refractivity contribution in [2.24, 2.45) is 0 Å². The van der Waals surface area contributed by atoms with Gasteiger partial charge in [-0.1, -0.05) is 12.1 Å². The van der Waals surface area contributed by atoms with Crippen LogP contribution in [0.4, 0.5) is 18.9 Å². The maximum atomic E-state index is 12.4. The summed E-state index contributed by atoms with van der Waals surface area (Å²) < 4.78 is 68.9. The fourth-order valence-electron chi connectivity index (χ4n) is 2.04. The van der Waals surface area contributed by atoms with Gasteiger partial charge in [-0.3, -0.25) is 4.72 Å². The predicted octanol–water partition coefficient (Wildman–Crippen LogP) is 2.97. The van der Waals surface area contributed by atoms with Crippen LogP contribution in [0.1, 0.15) is 0 Å². The third-order valence-corrected chi connectivity index (χ3v) is 4.45. The Labute approximate surface area is 146 Å². The number of anilines is 1. The SMILES string of the molecule is O=S(=O)(Nc1cnn(-c2ccccn2)c1)c1cccc(OC(F)(F)F)c1. The molecular weight excluding hydrogens is 373 g/mol. The van der Waals surface area contributed by atoms with E-state index >= 15 is 0 Å². The predicted molar refractivity (Wildman–Crippen MR) is 85.3 cm³/mol. The van der Waals surface area contributed by atoms with Crippen molar-refractivity contribution in [2.75, 3.05) is 4.72 Å². The Morgan fingerprint density at radius 2 is 1.92 bits per heavy atom. The zero-order valence-corrected chi connectivity index (χ0v) is 13.7. The van der Waals surface area contributed by atoms with Crippen molar-refractivity contribution in [1.29, 1.82) is 0 Å². The molecule has 0 fully saturated rings. The number of halogens is 3. The van der Waals surface area contributed by atoms with Gasteiger partial charge in [0.2, 0.25) is 0 Å². The first kappa shape index (κ1) is 17.7. The summed E-state index contributed by atoms with van der Waals surface area (Å²) in [5.74, 6) is -0.164. The number of sulfonamides is 1. The highest BCUT2D eigenvalue weighted by atomic mass is 32.2. The van der Waals surface area contributed by atoms with Crippen molar-refractivity contribution in [3.05, 3.63) is 61.1 Å². The van der Waals surface area contributed by atoms with Crippen LogP contribution in [0, 0.1) is 0 Å². The first-order chi connectivity index (χ1) is 12.2. The van der Waals surface area contributed by atoms with Gasteiger partial charge in [0.05, 0.1) is 23.0 Å². The summed E-state index contributed by atoms with van der Waals surface area (Å²) in [5.41, 5.74) is 0.123. The van der Waals surface area contributed by atoms with Crippen molar-refractivity contribution < 1.29 is 26.3 Å². The molecule has 0 aliphatic heterocycles. The Morgan fingerprint density at radius 3 is 2.62 bits per heavy atom. The second kappa shape index (κ2) is 6.67. The maximum absolute atomic E-state index is 12.4. The minimum atomic E-state index is -4.92. The highest BCUT2D eigenvalue weighted by Crippen LogP contribution is 2.26. The highest BCUT2D eigenvalue weighted by Gasteiger charge is 2.31. The summed E-state index contributed by atoms with van der Waals surface area (Å²) >= 11 is 0. The average Bonchev–Trinajstić information content (AvgIpc) is 3.02. The van der Waals surface area contributed by atoms with Crippen molar-refractivity contribution in [2.45, 2.75) is 11.3 Å². The largest absolute Gasteiger partial charge is 0.573 e. The van der Waals surface area contributed by atoms with Crippen LogP contribution in [-0.4, -0.2) is 29.5 Å². The van der Waals surface area contributed by atoms with Crippen LogP contribution in [0.5, 0.6) is 5.75 Å². The minimum absolute atomic E-state index is 0.123. The van der Waals surface area contributed by atoms with Gasteiger partial charge in [-0.15, -0.1) is 13.2 Å². The zero-order chi connectivity index (χ0) is 18.8. The third-order valence-electron chi connectivity index (χ3n) is 3.07. The van der Waals surface area contributed by atoms with E-state index in [2.05, 4.69) is 19.5 Å². The molecule has 2 heterocycles. The minimum Gasteiger partial charge on any atom is -0.406 e. The number of alkyl halides is 3. The van der Waals surface area contributed by atoms with Crippen LogP contribution < -0.4 is 9.46 Å². The summed E-state index contributed by atoms with van der Waals surface area (Å²) in [6, 6.07) is 9.20. The Hall–Kier alpha value is -3.08. The molecule has 7 nitrogen and oxygen atoms in total. The first-order valence-electron chi connectivity index (χ1n) is 7.08. The van der Waals surface area contributed by atoms with Crippen LogP contribution in [0.25, 0.3) is 5.82 Å². The Bertz CT molecular complexity index is 1000. The molecule has 2 aromatic heterocycles. The monoisotopic (exact) mass is 384 g/mol. The fourth-order valence-corrected chi connectivity index (χ4v) is 3.11.